The second kappa shape index (κ2) is 7.44. The van der Waals surface area contributed by atoms with Crippen LogP contribution in [0.3, 0.4) is 0 Å². The van der Waals surface area contributed by atoms with Crippen LogP contribution < -0.4 is 11.1 Å². The third-order valence-electron chi connectivity index (χ3n) is 2.67. The number of nitrogens with one attached hydrogen (secondary N) is 1. The zero-order valence-corrected chi connectivity index (χ0v) is 13.4. The van der Waals surface area contributed by atoms with Crippen LogP contribution >= 0.6 is 11.3 Å². The standard InChI is InChI=1S/C15H23N3OS/c1-15(2,11-18(3)4)10-17-14(19)13-12(6-5-8-16)7-9-20-13/h7,9H,8,10-11,16H2,1-4H3,(H,17,19). The first-order chi connectivity index (χ1) is 9.35. The van der Waals surface area contributed by atoms with Crippen LogP contribution in [0.15, 0.2) is 11.4 Å². The van der Waals surface area contributed by atoms with Crippen LogP contribution in [0.2, 0.25) is 0 Å². The third-order valence-corrected chi connectivity index (χ3v) is 3.58. The zero-order chi connectivity index (χ0) is 15.2. The smallest absolute Gasteiger partial charge is 0.262 e. The molecular weight excluding hydrogens is 270 g/mol. The SMILES string of the molecule is CN(C)CC(C)(C)CNC(=O)c1sccc1C#CCN. The van der Waals surface area contributed by atoms with Crippen LogP contribution in [-0.2, 0) is 0 Å². The lowest BCUT2D eigenvalue weighted by molar-refractivity contribution is 0.0933. The summed E-state index contributed by atoms with van der Waals surface area (Å²) in [5.74, 6) is 5.65. The Balaban J connectivity index is 2.66. The molecule has 1 aromatic heterocycles. The Morgan fingerprint density at radius 3 is 2.80 bits per heavy atom. The lowest BCUT2D eigenvalue weighted by Crippen LogP contribution is -2.39. The maximum Gasteiger partial charge on any atom is 0.262 e. The van der Waals surface area contributed by atoms with Crippen molar-refractivity contribution in [2.24, 2.45) is 11.1 Å². The number of thiophene rings is 1. The van der Waals surface area contributed by atoms with Crippen molar-refractivity contribution in [3.8, 4) is 11.8 Å². The summed E-state index contributed by atoms with van der Waals surface area (Å²) in [7, 11) is 4.06. The van der Waals surface area contributed by atoms with Gasteiger partial charge in [0.15, 0.2) is 0 Å². The van der Waals surface area contributed by atoms with Gasteiger partial charge >= 0.3 is 0 Å². The van der Waals surface area contributed by atoms with E-state index in [1.165, 1.54) is 11.3 Å². The minimum Gasteiger partial charge on any atom is -0.351 e. The van der Waals surface area contributed by atoms with E-state index in [-0.39, 0.29) is 11.3 Å². The third kappa shape index (κ3) is 5.33. The largest absolute Gasteiger partial charge is 0.351 e. The van der Waals surface area contributed by atoms with E-state index in [0.29, 0.717) is 18.0 Å². The molecule has 0 aliphatic carbocycles. The fourth-order valence-electron chi connectivity index (χ4n) is 2.04. The van der Waals surface area contributed by atoms with Gasteiger partial charge in [0.2, 0.25) is 0 Å². The number of carbonyl (C=O) groups is 1. The molecule has 3 N–H and O–H groups in total. The van der Waals surface area contributed by atoms with Gasteiger partial charge in [0, 0.05) is 18.7 Å². The molecule has 1 aromatic rings. The summed E-state index contributed by atoms with van der Waals surface area (Å²) in [5.41, 5.74) is 6.14. The molecule has 1 rings (SSSR count). The lowest BCUT2D eigenvalue weighted by Gasteiger charge is -2.28. The molecule has 0 aliphatic rings. The Morgan fingerprint density at radius 2 is 2.20 bits per heavy atom. The molecule has 1 amide bonds. The Labute approximate surface area is 125 Å². The molecule has 0 spiro atoms. The fourth-order valence-corrected chi connectivity index (χ4v) is 2.81. The van der Waals surface area contributed by atoms with E-state index in [4.69, 9.17) is 5.73 Å². The van der Waals surface area contributed by atoms with E-state index < -0.39 is 0 Å². The molecule has 0 unspecified atom stereocenters. The average molecular weight is 293 g/mol. The van der Waals surface area contributed by atoms with Gasteiger partial charge < -0.3 is 16.0 Å². The molecule has 110 valence electrons. The number of rotatable bonds is 5. The van der Waals surface area contributed by atoms with Crippen molar-refractivity contribution in [3.05, 3.63) is 21.9 Å². The highest BCUT2D eigenvalue weighted by Crippen LogP contribution is 2.18. The molecule has 5 heteroatoms. The van der Waals surface area contributed by atoms with Gasteiger partial charge in [-0.3, -0.25) is 4.79 Å². The van der Waals surface area contributed by atoms with Crippen LogP contribution in [0.25, 0.3) is 0 Å². The summed E-state index contributed by atoms with van der Waals surface area (Å²) in [6, 6.07) is 1.85. The highest BCUT2D eigenvalue weighted by Gasteiger charge is 2.21. The van der Waals surface area contributed by atoms with Gasteiger partial charge in [-0.05, 0) is 31.0 Å². The minimum absolute atomic E-state index is 0.0273. The zero-order valence-electron chi connectivity index (χ0n) is 12.6. The predicted molar refractivity (Wildman–Crippen MR) is 84.9 cm³/mol. The number of hydrogen-bond donors (Lipinski definition) is 2. The Hall–Kier alpha value is -1.35. The monoisotopic (exact) mass is 293 g/mol. The number of nitrogens with two attached hydrogens (primary N) is 1. The highest BCUT2D eigenvalue weighted by atomic mass is 32.1. The molecule has 0 fully saturated rings. The summed E-state index contributed by atoms with van der Waals surface area (Å²) in [4.78, 5) is 15.0. The molecule has 0 saturated carbocycles. The van der Waals surface area contributed by atoms with E-state index in [2.05, 4.69) is 35.9 Å². The van der Waals surface area contributed by atoms with E-state index in [9.17, 15) is 4.79 Å². The molecule has 20 heavy (non-hydrogen) atoms. The van der Waals surface area contributed by atoms with Gasteiger partial charge in [-0.25, -0.2) is 0 Å². The maximum absolute atomic E-state index is 12.2. The normalized spacial score (nSPS) is 11.1. The van der Waals surface area contributed by atoms with Gasteiger partial charge in [-0.1, -0.05) is 25.7 Å². The van der Waals surface area contributed by atoms with Crippen molar-refractivity contribution in [2.45, 2.75) is 13.8 Å². The average Bonchev–Trinajstić information content (AvgIpc) is 2.80. The second-order valence-electron chi connectivity index (χ2n) is 5.75. The van der Waals surface area contributed by atoms with E-state index in [1.54, 1.807) is 0 Å². The van der Waals surface area contributed by atoms with Crippen LogP contribution in [0.4, 0.5) is 0 Å². The summed E-state index contributed by atoms with van der Waals surface area (Å²) in [5, 5.41) is 4.87. The summed E-state index contributed by atoms with van der Waals surface area (Å²) < 4.78 is 0. The number of amides is 1. The first kappa shape index (κ1) is 16.7. The Kier molecular flexibility index (Phi) is 6.21. The van der Waals surface area contributed by atoms with Crippen molar-refractivity contribution in [3.63, 3.8) is 0 Å². The van der Waals surface area contributed by atoms with Crippen molar-refractivity contribution >= 4 is 17.2 Å². The molecule has 4 nitrogen and oxygen atoms in total. The molecule has 0 bridgehead atoms. The van der Waals surface area contributed by atoms with Gasteiger partial charge in [0.05, 0.1) is 6.54 Å². The van der Waals surface area contributed by atoms with E-state index >= 15 is 0 Å². The van der Waals surface area contributed by atoms with Crippen LogP contribution in [0, 0.1) is 17.3 Å². The predicted octanol–water partition coefficient (Wildman–Crippen LogP) is 1.38. The first-order valence-corrected chi connectivity index (χ1v) is 7.43. The number of hydrogen-bond acceptors (Lipinski definition) is 4. The molecule has 0 aliphatic heterocycles. The van der Waals surface area contributed by atoms with Gasteiger partial charge in [-0.15, -0.1) is 11.3 Å². The molecule has 0 aromatic carbocycles. The molecule has 1 heterocycles. The van der Waals surface area contributed by atoms with Crippen molar-refractivity contribution < 1.29 is 4.79 Å². The highest BCUT2D eigenvalue weighted by molar-refractivity contribution is 7.12. The quantitative estimate of drug-likeness (QED) is 0.806. The fraction of sp³-hybridized carbons (Fsp3) is 0.533. The Bertz CT molecular complexity index is 509. The summed E-state index contributed by atoms with van der Waals surface area (Å²) in [6.45, 7) is 6.11. The van der Waals surface area contributed by atoms with Crippen LogP contribution in [0.5, 0.6) is 0 Å². The van der Waals surface area contributed by atoms with Gasteiger partial charge in [0.25, 0.3) is 5.91 Å². The molecule has 0 atom stereocenters. The Morgan fingerprint density at radius 1 is 1.50 bits per heavy atom. The topological polar surface area (TPSA) is 58.4 Å². The number of nitrogens with zero attached hydrogens (tertiary/aromatic N) is 1. The lowest BCUT2D eigenvalue weighted by atomic mass is 9.93. The van der Waals surface area contributed by atoms with Crippen LogP contribution in [-0.4, -0.2) is 44.5 Å². The van der Waals surface area contributed by atoms with E-state index in [1.807, 2.05) is 25.5 Å². The summed E-state index contributed by atoms with van der Waals surface area (Å²) >= 11 is 1.41. The molecule has 0 saturated heterocycles. The van der Waals surface area contributed by atoms with Crippen molar-refractivity contribution in [1.82, 2.24) is 10.2 Å². The number of carbonyl (C=O) groups excluding carboxylic acids is 1. The summed E-state index contributed by atoms with van der Waals surface area (Å²) in [6.07, 6.45) is 0. The van der Waals surface area contributed by atoms with Gasteiger partial charge in [0.1, 0.15) is 4.88 Å². The molecular formula is C15H23N3OS. The minimum atomic E-state index is -0.0619. The van der Waals surface area contributed by atoms with E-state index in [0.717, 1.165) is 12.1 Å². The van der Waals surface area contributed by atoms with Gasteiger partial charge in [-0.2, -0.15) is 0 Å². The van der Waals surface area contributed by atoms with Crippen molar-refractivity contribution in [2.75, 3.05) is 33.7 Å². The second-order valence-corrected chi connectivity index (χ2v) is 6.67. The van der Waals surface area contributed by atoms with Crippen molar-refractivity contribution in [1.29, 1.82) is 0 Å². The van der Waals surface area contributed by atoms with Crippen LogP contribution in [0.1, 0.15) is 29.1 Å². The first-order valence-electron chi connectivity index (χ1n) is 6.55. The maximum atomic E-state index is 12.2. The molecule has 0 radical (unpaired) electrons.